The fraction of sp³-hybridized carbons (Fsp3) is 0.143. The molecule has 0 spiro atoms. The Morgan fingerprint density at radius 3 is 2.63 bits per heavy atom. The molecule has 1 amide bonds. The van der Waals surface area contributed by atoms with Gasteiger partial charge in [0.2, 0.25) is 5.91 Å². The van der Waals surface area contributed by atoms with Crippen LogP contribution >= 0.6 is 0 Å². The minimum Gasteiger partial charge on any atom is -0.336 e. The first kappa shape index (κ1) is 23.4. The van der Waals surface area contributed by atoms with Crippen molar-refractivity contribution in [2.45, 2.75) is 20.8 Å². The molecule has 9 nitrogen and oxygen atoms in total. The zero-order valence-corrected chi connectivity index (χ0v) is 20.9. The summed E-state index contributed by atoms with van der Waals surface area (Å²) in [5, 5.41) is 10.4. The number of rotatable bonds is 4. The van der Waals surface area contributed by atoms with Gasteiger partial charge in [-0.05, 0) is 36.4 Å². The average molecular weight is 507 g/mol. The average Bonchev–Trinajstić information content (AvgIpc) is 3.54. The van der Waals surface area contributed by atoms with Crippen LogP contribution in [0.4, 0.5) is 10.1 Å². The van der Waals surface area contributed by atoms with Crippen molar-refractivity contribution in [2.24, 2.45) is 5.41 Å². The van der Waals surface area contributed by atoms with Gasteiger partial charge in [-0.3, -0.25) is 24.8 Å². The van der Waals surface area contributed by atoms with Crippen LogP contribution in [0, 0.1) is 11.2 Å². The van der Waals surface area contributed by atoms with Crippen molar-refractivity contribution in [1.29, 1.82) is 0 Å². The predicted molar refractivity (Wildman–Crippen MR) is 143 cm³/mol. The lowest BCUT2D eigenvalue weighted by atomic mass is 9.95. The summed E-state index contributed by atoms with van der Waals surface area (Å²) in [6.45, 7) is 5.46. The van der Waals surface area contributed by atoms with Crippen LogP contribution in [0.1, 0.15) is 20.8 Å². The number of anilines is 1. The van der Waals surface area contributed by atoms with Crippen LogP contribution in [0.15, 0.2) is 67.3 Å². The Morgan fingerprint density at radius 1 is 0.974 bits per heavy atom. The lowest BCUT2D eigenvalue weighted by Crippen LogP contribution is -2.27. The molecular weight excluding hydrogens is 483 g/mol. The van der Waals surface area contributed by atoms with E-state index in [4.69, 9.17) is 4.98 Å². The van der Waals surface area contributed by atoms with Gasteiger partial charge >= 0.3 is 0 Å². The van der Waals surface area contributed by atoms with E-state index in [9.17, 15) is 4.79 Å². The number of imidazole rings is 1. The molecule has 5 aromatic heterocycles. The molecule has 0 aliphatic carbocycles. The quantitative estimate of drug-likeness (QED) is 0.280. The third-order valence-corrected chi connectivity index (χ3v) is 6.19. The van der Waals surface area contributed by atoms with Crippen molar-refractivity contribution in [1.82, 2.24) is 35.1 Å². The van der Waals surface area contributed by atoms with Crippen molar-refractivity contribution in [3.63, 3.8) is 0 Å². The normalized spacial score (nSPS) is 11.8. The highest BCUT2D eigenvalue weighted by Crippen LogP contribution is 2.35. The monoisotopic (exact) mass is 506 g/mol. The Kier molecular flexibility index (Phi) is 5.45. The predicted octanol–water partition coefficient (Wildman–Crippen LogP) is 5.75. The topological polar surface area (TPSA) is 125 Å². The maximum absolute atomic E-state index is 16.1. The molecular formula is C28H23FN8O. The molecule has 5 heterocycles. The van der Waals surface area contributed by atoms with E-state index in [0.29, 0.717) is 50.8 Å². The van der Waals surface area contributed by atoms with Crippen LogP contribution in [0.2, 0.25) is 0 Å². The highest BCUT2D eigenvalue weighted by molar-refractivity contribution is 5.98. The lowest BCUT2D eigenvalue weighted by Gasteiger charge is -2.17. The first-order valence-corrected chi connectivity index (χ1v) is 12.0. The van der Waals surface area contributed by atoms with Gasteiger partial charge in [-0.25, -0.2) is 9.37 Å². The summed E-state index contributed by atoms with van der Waals surface area (Å²) in [6, 6.07) is 12.5. The number of fused-ring (bicyclic) bond motifs is 2. The van der Waals surface area contributed by atoms with Crippen LogP contribution in [-0.2, 0) is 4.79 Å². The summed E-state index contributed by atoms with van der Waals surface area (Å²) in [5.74, 6) is -0.235. The van der Waals surface area contributed by atoms with Gasteiger partial charge in [0.1, 0.15) is 22.7 Å². The van der Waals surface area contributed by atoms with E-state index in [0.717, 1.165) is 5.52 Å². The Morgan fingerprint density at radius 2 is 1.84 bits per heavy atom. The number of nitrogens with zero attached hydrogens (tertiary/aromatic N) is 5. The second-order valence-corrected chi connectivity index (χ2v) is 9.94. The summed E-state index contributed by atoms with van der Waals surface area (Å²) < 4.78 is 16.1. The third-order valence-electron chi connectivity index (χ3n) is 6.19. The molecule has 6 aromatic rings. The van der Waals surface area contributed by atoms with Crippen LogP contribution in [-0.4, -0.2) is 41.0 Å². The van der Waals surface area contributed by atoms with Gasteiger partial charge in [0.05, 0.1) is 34.0 Å². The molecule has 0 aliphatic heterocycles. The first-order chi connectivity index (χ1) is 18.3. The summed E-state index contributed by atoms with van der Waals surface area (Å²) in [7, 11) is 0. The van der Waals surface area contributed by atoms with Crippen molar-refractivity contribution in [3.05, 3.63) is 73.1 Å². The second kappa shape index (κ2) is 8.84. The van der Waals surface area contributed by atoms with E-state index in [-0.39, 0.29) is 11.3 Å². The summed E-state index contributed by atoms with van der Waals surface area (Å²) >= 11 is 0. The number of hydrogen-bond donors (Lipinski definition) is 3. The number of nitrogens with one attached hydrogen (secondary N) is 3. The number of carbonyl (C=O) groups is 1. The fourth-order valence-corrected chi connectivity index (χ4v) is 4.18. The molecule has 0 unspecified atom stereocenters. The Hall–Kier alpha value is -4.99. The van der Waals surface area contributed by atoms with Gasteiger partial charge in [-0.1, -0.05) is 26.8 Å². The molecule has 0 bridgehead atoms. The zero-order chi connectivity index (χ0) is 26.4. The maximum Gasteiger partial charge on any atom is 0.229 e. The number of benzene rings is 1. The number of aromatic amines is 2. The van der Waals surface area contributed by atoms with Crippen LogP contribution in [0.3, 0.4) is 0 Å². The van der Waals surface area contributed by atoms with Crippen molar-refractivity contribution >= 4 is 33.5 Å². The molecule has 1 aromatic carbocycles. The summed E-state index contributed by atoms with van der Waals surface area (Å²) in [4.78, 5) is 33.5. The molecule has 0 saturated carbocycles. The molecule has 0 atom stereocenters. The largest absolute Gasteiger partial charge is 0.336 e. The second-order valence-electron chi connectivity index (χ2n) is 9.94. The zero-order valence-electron chi connectivity index (χ0n) is 20.9. The number of H-pyrrole nitrogens is 2. The van der Waals surface area contributed by atoms with Crippen LogP contribution < -0.4 is 5.32 Å². The molecule has 0 saturated heterocycles. The number of pyridine rings is 3. The standard InChI is InChI=1S/C28H23FN8O/c1-28(2,3)27(38)33-16-12-15(13-30-14-16)17-7-8-18-21(22(17)29)25(37-36-18)26-34-20-9-11-32-23(24(20)35-26)19-6-4-5-10-31-19/h4-14H,1-3H3,(H,33,38)(H,34,35)(H,36,37). The van der Waals surface area contributed by atoms with E-state index < -0.39 is 11.2 Å². The van der Waals surface area contributed by atoms with Crippen molar-refractivity contribution < 1.29 is 9.18 Å². The molecule has 38 heavy (non-hydrogen) atoms. The third kappa shape index (κ3) is 4.05. The molecule has 0 aliphatic rings. The Bertz CT molecular complexity index is 1820. The van der Waals surface area contributed by atoms with E-state index in [1.165, 1.54) is 6.20 Å². The number of amides is 1. The minimum absolute atomic E-state index is 0.158. The maximum atomic E-state index is 16.1. The molecule has 10 heteroatoms. The van der Waals surface area contributed by atoms with E-state index in [1.807, 2.05) is 39.0 Å². The molecule has 0 fully saturated rings. The summed E-state index contributed by atoms with van der Waals surface area (Å²) in [6.07, 6.45) is 6.46. The fourth-order valence-electron chi connectivity index (χ4n) is 4.18. The van der Waals surface area contributed by atoms with Gasteiger partial charge in [-0.2, -0.15) is 5.10 Å². The summed E-state index contributed by atoms with van der Waals surface area (Å²) in [5.41, 5.74) is 4.26. The van der Waals surface area contributed by atoms with Gasteiger partial charge < -0.3 is 10.3 Å². The number of aromatic nitrogens is 7. The molecule has 6 rings (SSSR count). The van der Waals surface area contributed by atoms with Crippen LogP contribution in [0.25, 0.3) is 56.0 Å². The minimum atomic E-state index is -0.579. The lowest BCUT2D eigenvalue weighted by molar-refractivity contribution is -0.123. The number of halogens is 1. The van der Waals surface area contributed by atoms with E-state index >= 15 is 4.39 Å². The Labute approximate surface area is 216 Å². The van der Waals surface area contributed by atoms with Gasteiger partial charge in [0, 0.05) is 35.1 Å². The van der Waals surface area contributed by atoms with E-state index in [1.54, 1.807) is 42.9 Å². The van der Waals surface area contributed by atoms with Crippen molar-refractivity contribution in [3.8, 4) is 34.0 Å². The number of carbonyl (C=O) groups excluding carboxylic acids is 1. The number of hydrogen-bond acceptors (Lipinski definition) is 6. The van der Waals surface area contributed by atoms with Gasteiger partial charge in [0.25, 0.3) is 0 Å². The molecule has 188 valence electrons. The van der Waals surface area contributed by atoms with Gasteiger partial charge in [0.15, 0.2) is 5.82 Å². The van der Waals surface area contributed by atoms with Gasteiger partial charge in [-0.15, -0.1) is 0 Å². The first-order valence-electron chi connectivity index (χ1n) is 12.0. The molecule has 0 radical (unpaired) electrons. The highest BCUT2D eigenvalue weighted by atomic mass is 19.1. The van der Waals surface area contributed by atoms with E-state index in [2.05, 4.69) is 35.5 Å². The molecule has 3 N–H and O–H groups in total. The smallest absolute Gasteiger partial charge is 0.229 e. The van der Waals surface area contributed by atoms with Crippen LogP contribution in [0.5, 0.6) is 0 Å². The SMILES string of the molecule is CC(C)(C)C(=O)Nc1cncc(-c2ccc3[nH]nc(-c4nc5c(-c6ccccn6)nccc5[nH]4)c3c2F)c1. The highest BCUT2D eigenvalue weighted by Gasteiger charge is 2.23. The Balaban J connectivity index is 1.44. The van der Waals surface area contributed by atoms with Crippen molar-refractivity contribution in [2.75, 3.05) is 5.32 Å².